The number of aryl methyl sites for hydroxylation is 1. The van der Waals surface area contributed by atoms with E-state index in [-0.39, 0.29) is 0 Å². The topological polar surface area (TPSA) is 28.7 Å². The second-order valence-corrected chi connectivity index (χ2v) is 2.65. The lowest BCUT2D eigenvalue weighted by atomic mass is 10.1. The Morgan fingerprint density at radius 3 is 3.18 bits per heavy atom. The minimum atomic E-state index is 1.10. The molecular formula is C9H15N2. The standard InChI is InChI=1S/C9H15N2/c1-2-3-4-5-6-9-7-10-8-11-9/h3,7-8H,2,4-6H2,1H3,(H,10,11). The Bertz CT molecular complexity index is 168. The Morgan fingerprint density at radius 1 is 1.64 bits per heavy atom. The van der Waals surface area contributed by atoms with E-state index in [2.05, 4.69) is 23.3 Å². The average molecular weight is 151 g/mol. The smallest absolute Gasteiger partial charge is 0.0923 e. The molecule has 0 bridgehead atoms. The zero-order valence-corrected chi connectivity index (χ0v) is 7.01. The third kappa shape index (κ3) is 3.21. The number of rotatable bonds is 5. The third-order valence-corrected chi connectivity index (χ3v) is 1.68. The van der Waals surface area contributed by atoms with Crippen LogP contribution in [0.4, 0.5) is 0 Å². The number of aromatic amines is 1. The third-order valence-electron chi connectivity index (χ3n) is 1.68. The lowest BCUT2D eigenvalue weighted by molar-refractivity contribution is 0.769. The van der Waals surface area contributed by atoms with Gasteiger partial charge in [0.15, 0.2) is 0 Å². The van der Waals surface area contributed by atoms with E-state index in [1.54, 1.807) is 6.33 Å². The molecule has 0 atom stereocenters. The summed E-state index contributed by atoms with van der Waals surface area (Å²) in [5, 5.41) is 0. The first-order chi connectivity index (χ1) is 5.43. The van der Waals surface area contributed by atoms with Gasteiger partial charge in [-0.3, -0.25) is 0 Å². The Labute approximate surface area is 68.0 Å². The summed E-state index contributed by atoms with van der Waals surface area (Å²) in [6.07, 6.45) is 10.7. The summed E-state index contributed by atoms with van der Waals surface area (Å²) >= 11 is 0. The SMILES string of the molecule is CC[CH]CCCc1c[nH]cn1. The second kappa shape index (κ2) is 4.94. The maximum absolute atomic E-state index is 4.14. The highest BCUT2D eigenvalue weighted by molar-refractivity contribution is 4.93. The number of H-pyrrole nitrogens is 1. The van der Waals surface area contributed by atoms with E-state index in [0.29, 0.717) is 0 Å². The molecule has 0 aliphatic heterocycles. The molecule has 1 aromatic heterocycles. The van der Waals surface area contributed by atoms with Crippen molar-refractivity contribution in [3.05, 3.63) is 24.6 Å². The number of nitrogens with zero attached hydrogens (tertiary/aromatic N) is 1. The number of hydrogen-bond donors (Lipinski definition) is 1. The molecule has 0 saturated heterocycles. The van der Waals surface area contributed by atoms with Crippen molar-refractivity contribution in [2.24, 2.45) is 0 Å². The van der Waals surface area contributed by atoms with Crippen LogP contribution in [0.15, 0.2) is 12.5 Å². The molecule has 0 aliphatic carbocycles. The van der Waals surface area contributed by atoms with Crippen LogP contribution in [0, 0.1) is 6.42 Å². The van der Waals surface area contributed by atoms with Crippen LogP contribution in [0.25, 0.3) is 0 Å². The van der Waals surface area contributed by atoms with Crippen molar-refractivity contribution >= 4 is 0 Å². The number of unbranched alkanes of at least 4 members (excludes halogenated alkanes) is 3. The maximum atomic E-state index is 4.14. The van der Waals surface area contributed by atoms with Gasteiger partial charge in [0.2, 0.25) is 0 Å². The second-order valence-electron chi connectivity index (χ2n) is 2.65. The largest absolute Gasteiger partial charge is 0.351 e. The Morgan fingerprint density at radius 2 is 2.55 bits per heavy atom. The average Bonchev–Trinajstić information content (AvgIpc) is 2.50. The molecule has 11 heavy (non-hydrogen) atoms. The summed E-state index contributed by atoms with van der Waals surface area (Å²) in [5.41, 5.74) is 1.18. The predicted molar refractivity (Wildman–Crippen MR) is 46.1 cm³/mol. The minimum Gasteiger partial charge on any atom is -0.351 e. The van der Waals surface area contributed by atoms with Gasteiger partial charge < -0.3 is 4.98 Å². The molecule has 0 spiro atoms. The van der Waals surface area contributed by atoms with Crippen molar-refractivity contribution in [2.45, 2.75) is 32.6 Å². The lowest BCUT2D eigenvalue weighted by Gasteiger charge is -1.94. The van der Waals surface area contributed by atoms with Crippen molar-refractivity contribution in [3.8, 4) is 0 Å². The summed E-state index contributed by atoms with van der Waals surface area (Å²) < 4.78 is 0. The molecule has 61 valence electrons. The highest BCUT2D eigenvalue weighted by atomic mass is 14.9. The van der Waals surface area contributed by atoms with Crippen LogP contribution >= 0.6 is 0 Å². The predicted octanol–water partition coefficient (Wildman–Crippen LogP) is 2.35. The molecule has 1 rings (SSSR count). The fraction of sp³-hybridized carbons (Fsp3) is 0.556. The molecule has 0 unspecified atom stereocenters. The van der Waals surface area contributed by atoms with Crippen molar-refractivity contribution in [2.75, 3.05) is 0 Å². The summed E-state index contributed by atoms with van der Waals surface area (Å²) in [4.78, 5) is 7.09. The summed E-state index contributed by atoms with van der Waals surface area (Å²) in [7, 11) is 0. The van der Waals surface area contributed by atoms with Gasteiger partial charge in [-0.25, -0.2) is 4.98 Å². The monoisotopic (exact) mass is 151 g/mol. The number of imidazole rings is 1. The van der Waals surface area contributed by atoms with Gasteiger partial charge >= 0.3 is 0 Å². The molecule has 0 saturated carbocycles. The number of nitrogens with one attached hydrogen (secondary N) is 1. The molecule has 2 nitrogen and oxygen atoms in total. The fourth-order valence-corrected chi connectivity index (χ4v) is 1.06. The van der Waals surface area contributed by atoms with E-state index in [0.717, 1.165) is 6.42 Å². The summed E-state index contributed by atoms with van der Waals surface area (Å²) in [5.74, 6) is 0. The van der Waals surface area contributed by atoms with Crippen molar-refractivity contribution < 1.29 is 0 Å². The Hall–Kier alpha value is -0.790. The van der Waals surface area contributed by atoms with Gasteiger partial charge in [-0.15, -0.1) is 0 Å². The maximum Gasteiger partial charge on any atom is 0.0923 e. The Kier molecular flexibility index (Phi) is 3.73. The van der Waals surface area contributed by atoms with Gasteiger partial charge in [0.1, 0.15) is 0 Å². The molecule has 0 aliphatic rings. The highest BCUT2D eigenvalue weighted by Crippen LogP contribution is 2.03. The zero-order valence-electron chi connectivity index (χ0n) is 7.01. The van der Waals surface area contributed by atoms with Gasteiger partial charge in [0.05, 0.1) is 12.0 Å². The number of hydrogen-bond acceptors (Lipinski definition) is 1. The van der Waals surface area contributed by atoms with Crippen LogP contribution in [0.3, 0.4) is 0 Å². The van der Waals surface area contributed by atoms with Crippen LogP contribution in [0.2, 0.25) is 0 Å². The molecule has 0 amide bonds. The van der Waals surface area contributed by atoms with E-state index < -0.39 is 0 Å². The molecule has 0 fully saturated rings. The van der Waals surface area contributed by atoms with Gasteiger partial charge in [-0.05, 0) is 25.7 Å². The lowest BCUT2D eigenvalue weighted by Crippen LogP contribution is -1.85. The Balaban J connectivity index is 2.04. The molecule has 1 N–H and O–H groups in total. The fourth-order valence-electron chi connectivity index (χ4n) is 1.06. The molecular weight excluding hydrogens is 136 g/mol. The zero-order chi connectivity index (χ0) is 7.94. The van der Waals surface area contributed by atoms with Crippen molar-refractivity contribution in [1.29, 1.82) is 0 Å². The van der Waals surface area contributed by atoms with Crippen LogP contribution in [0.5, 0.6) is 0 Å². The van der Waals surface area contributed by atoms with E-state index in [1.165, 1.54) is 25.0 Å². The van der Waals surface area contributed by atoms with E-state index in [4.69, 9.17) is 0 Å². The van der Waals surface area contributed by atoms with E-state index >= 15 is 0 Å². The van der Waals surface area contributed by atoms with Gasteiger partial charge in [0.25, 0.3) is 0 Å². The van der Waals surface area contributed by atoms with Crippen molar-refractivity contribution in [3.63, 3.8) is 0 Å². The molecule has 2 heteroatoms. The van der Waals surface area contributed by atoms with E-state index in [1.807, 2.05) is 6.20 Å². The first kappa shape index (κ1) is 8.31. The van der Waals surface area contributed by atoms with Gasteiger partial charge in [-0.1, -0.05) is 13.3 Å². The normalized spacial score (nSPS) is 10.3. The molecule has 1 heterocycles. The summed E-state index contributed by atoms with van der Waals surface area (Å²) in [6.45, 7) is 2.18. The van der Waals surface area contributed by atoms with Crippen LogP contribution in [-0.4, -0.2) is 9.97 Å². The first-order valence-corrected chi connectivity index (χ1v) is 4.22. The van der Waals surface area contributed by atoms with Gasteiger partial charge in [0, 0.05) is 6.20 Å². The molecule has 1 radical (unpaired) electrons. The van der Waals surface area contributed by atoms with Crippen LogP contribution in [-0.2, 0) is 6.42 Å². The van der Waals surface area contributed by atoms with Crippen molar-refractivity contribution in [1.82, 2.24) is 9.97 Å². The highest BCUT2D eigenvalue weighted by Gasteiger charge is 1.93. The first-order valence-electron chi connectivity index (χ1n) is 4.22. The van der Waals surface area contributed by atoms with Gasteiger partial charge in [-0.2, -0.15) is 0 Å². The number of aromatic nitrogens is 2. The van der Waals surface area contributed by atoms with E-state index in [9.17, 15) is 0 Å². The van der Waals surface area contributed by atoms with Crippen LogP contribution in [0.1, 0.15) is 31.9 Å². The molecule has 1 aromatic rings. The molecule has 0 aromatic carbocycles. The minimum absolute atomic E-state index is 1.10. The summed E-state index contributed by atoms with van der Waals surface area (Å²) in [6, 6.07) is 0. The van der Waals surface area contributed by atoms with Crippen LogP contribution < -0.4 is 0 Å². The quantitative estimate of drug-likeness (QED) is 0.643.